The van der Waals surface area contributed by atoms with Crippen molar-refractivity contribution in [1.29, 1.82) is 5.26 Å². The standard InChI is InChI=1S/C13H16N2O/c1-9-5-11(6-10(2)12(9)7-14)16-8-13(15)3-4-13/h5-6H,3-4,8,15H2,1-2H3. The number of ether oxygens (including phenoxy) is 1. The van der Waals surface area contributed by atoms with Crippen LogP contribution in [0.3, 0.4) is 0 Å². The molecular weight excluding hydrogens is 200 g/mol. The van der Waals surface area contributed by atoms with Crippen molar-refractivity contribution in [3.05, 3.63) is 28.8 Å². The third-order valence-corrected chi connectivity index (χ3v) is 3.04. The Bertz CT molecular complexity index is 432. The van der Waals surface area contributed by atoms with Gasteiger partial charge in [0, 0.05) is 0 Å². The van der Waals surface area contributed by atoms with Gasteiger partial charge in [-0.2, -0.15) is 5.26 Å². The van der Waals surface area contributed by atoms with Crippen molar-refractivity contribution in [2.24, 2.45) is 5.73 Å². The molecule has 0 spiro atoms. The maximum atomic E-state index is 8.95. The number of aryl methyl sites for hydroxylation is 2. The summed E-state index contributed by atoms with van der Waals surface area (Å²) in [6, 6.07) is 6.00. The zero-order valence-electron chi connectivity index (χ0n) is 9.71. The van der Waals surface area contributed by atoms with Gasteiger partial charge >= 0.3 is 0 Å². The minimum Gasteiger partial charge on any atom is -0.492 e. The van der Waals surface area contributed by atoms with E-state index in [-0.39, 0.29) is 5.54 Å². The second kappa shape index (κ2) is 3.80. The minimum absolute atomic E-state index is 0.101. The second-order valence-electron chi connectivity index (χ2n) is 4.69. The van der Waals surface area contributed by atoms with Crippen LogP contribution in [0.25, 0.3) is 0 Å². The van der Waals surface area contributed by atoms with E-state index in [4.69, 9.17) is 15.7 Å². The van der Waals surface area contributed by atoms with E-state index in [2.05, 4.69) is 6.07 Å². The van der Waals surface area contributed by atoms with Crippen LogP contribution in [-0.4, -0.2) is 12.1 Å². The third kappa shape index (κ3) is 2.17. The molecule has 0 heterocycles. The Balaban J connectivity index is 2.14. The monoisotopic (exact) mass is 216 g/mol. The van der Waals surface area contributed by atoms with Crippen molar-refractivity contribution in [1.82, 2.24) is 0 Å². The fraction of sp³-hybridized carbons (Fsp3) is 0.462. The molecule has 84 valence electrons. The van der Waals surface area contributed by atoms with Gasteiger partial charge in [0.15, 0.2) is 0 Å². The maximum Gasteiger partial charge on any atom is 0.120 e. The summed E-state index contributed by atoms with van der Waals surface area (Å²) in [7, 11) is 0. The molecule has 1 aromatic carbocycles. The molecule has 1 aromatic rings. The summed E-state index contributed by atoms with van der Waals surface area (Å²) in [5.41, 5.74) is 8.50. The first-order valence-corrected chi connectivity index (χ1v) is 5.47. The molecule has 3 heteroatoms. The predicted molar refractivity (Wildman–Crippen MR) is 62.3 cm³/mol. The topological polar surface area (TPSA) is 59.0 Å². The van der Waals surface area contributed by atoms with Crippen LogP contribution < -0.4 is 10.5 Å². The van der Waals surface area contributed by atoms with E-state index in [1.807, 2.05) is 26.0 Å². The normalized spacial score (nSPS) is 16.6. The Morgan fingerprint density at radius 2 is 1.94 bits per heavy atom. The SMILES string of the molecule is Cc1cc(OCC2(N)CC2)cc(C)c1C#N. The molecule has 0 aliphatic heterocycles. The Kier molecular flexibility index (Phi) is 2.61. The van der Waals surface area contributed by atoms with E-state index in [1.165, 1.54) is 0 Å². The zero-order chi connectivity index (χ0) is 11.8. The van der Waals surface area contributed by atoms with Crippen LogP contribution in [0.5, 0.6) is 5.75 Å². The van der Waals surface area contributed by atoms with Gasteiger partial charge in [-0.05, 0) is 49.9 Å². The molecule has 0 bridgehead atoms. The van der Waals surface area contributed by atoms with E-state index in [9.17, 15) is 0 Å². The molecule has 0 amide bonds. The molecule has 0 radical (unpaired) electrons. The number of nitrogens with two attached hydrogens (primary N) is 1. The number of benzene rings is 1. The lowest BCUT2D eigenvalue weighted by Gasteiger charge is -2.13. The predicted octanol–water partition coefficient (Wildman–Crippen LogP) is 2.05. The van der Waals surface area contributed by atoms with Crippen molar-refractivity contribution in [3.8, 4) is 11.8 Å². The largest absolute Gasteiger partial charge is 0.492 e. The maximum absolute atomic E-state index is 8.95. The molecule has 1 fully saturated rings. The number of hydrogen-bond donors (Lipinski definition) is 1. The summed E-state index contributed by atoms with van der Waals surface area (Å²) in [5.74, 6) is 0.811. The van der Waals surface area contributed by atoms with Crippen molar-refractivity contribution < 1.29 is 4.74 Å². The fourth-order valence-electron chi connectivity index (χ4n) is 1.72. The highest BCUT2D eigenvalue weighted by atomic mass is 16.5. The number of rotatable bonds is 3. The molecule has 3 nitrogen and oxygen atoms in total. The van der Waals surface area contributed by atoms with Crippen molar-refractivity contribution >= 4 is 0 Å². The lowest BCUT2D eigenvalue weighted by molar-refractivity contribution is 0.279. The molecule has 0 saturated heterocycles. The fourth-order valence-corrected chi connectivity index (χ4v) is 1.72. The lowest BCUT2D eigenvalue weighted by Crippen LogP contribution is -2.29. The molecule has 0 unspecified atom stereocenters. The van der Waals surface area contributed by atoms with Crippen molar-refractivity contribution in [2.75, 3.05) is 6.61 Å². The van der Waals surface area contributed by atoms with Gasteiger partial charge in [-0.1, -0.05) is 0 Å². The van der Waals surface area contributed by atoms with Crippen LogP contribution in [0, 0.1) is 25.2 Å². The van der Waals surface area contributed by atoms with Gasteiger partial charge in [0.1, 0.15) is 12.4 Å². The van der Waals surface area contributed by atoms with Gasteiger partial charge in [0.25, 0.3) is 0 Å². The molecular formula is C13H16N2O. The summed E-state index contributed by atoms with van der Waals surface area (Å²) in [4.78, 5) is 0. The molecule has 2 N–H and O–H groups in total. The van der Waals surface area contributed by atoms with E-state index in [1.54, 1.807) is 0 Å². The molecule has 1 saturated carbocycles. The third-order valence-electron chi connectivity index (χ3n) is 3.04. The zero-order valence-corrected chi connectivity index (χ0v) is 9.71. The second-order valence-corrected chi connectivity index (χ2v) is 4.69. The number of hydrogen-bond acceptors (Lipinski definition) is 3. The van der Waals surface area contributed by atoms with Gasteiger partial charge in [-0.25, -0.2) is 0 Å². The van der Waals surface area contributed by atoms with Crippen LogP contribution in [0.4, 0.5) is 0 Å². The first-order chi connectivity index (χ1) is 7.54. The first-order valence-electron chi connectivity index (χ1n) is 5.47. The highest BCUT2D eigenvalue weighted by molar-refractivity contribution is 5.47. The Morgan fingerprint density at radius 1 is 1.38 bits per heavy atom. The van der Waals surface area contributed by atoms with E-state index < -0.39 is 0 Å². The quantitative estimate of drug-likeness (QED) is 0.841. The average Bonchev–Trinajstić information content (AvgIpc) is 2.94. The lowest BCUT2D eigenvalue weighted by atomic mass is 10.0. The average molecular weight is 216 g/mol. The van der Waals surface area contributed by atoms with Crippen LogP contribution in [0.2, 0.25) is 0 Å². The van der Waals surface area contributed by atoms with E-state index >= 15 is 0 Å². The summed E-state index contributed by atoms with van der Waals surface area (Å²) < 4.78 is 5.66. The minimum atomic E-state index is -0.101. The molecule has 2 rings (SSSR count). The molecule has 1 aliphatic rings. The van der Waals surface area contributed by atoms with Gasteiger partial charge in [-0.3, -0.25) is 0 Å². The van der Waals surface area contributed by atoms with Crippen LogP contribution >= 0.6 is 0 Å². The van der Waals surface area contributed by atoms with Crippen molar-refractivity contribution in [3.63, 3.8) is 0 Å². The smallest absolute Gasteiger partial charge is 0.120 e. The van der Waals surface area contributed by atoms with Crippen LogP contribution in [-0.2, 0) is 0 Å². The van der Waals surface area contributed by atoms with Gasteiger partial charge in [0.05, 0.1) is 17.2 Å². The highest BCUT2D eigenvalue weighted by Crippen LogP contribution is 2.33. The Hall–Kier alpha value is -1.53. The molecule has 1 aliphatic carbocycles. The van der Waals surface area contributed by atoms with Crippen molar-refractivity contribution in [2.45, 2.75) is 32.2 Å². The Morgan fingerprint density at radius 3 is 2.38 bits per heavy atom. The van der Waals surface area contributed by atoms with E-state index in [0.29, 0.717) is 6.61 Å². The molecule has 16 heavy (non-hydrogen) atoms. The van der Waals surface area contributed by atoms with Gasteiger partial charge in [0.2, 0.25) is 0 Å². The first kappa shape index (κ1) is 11.0. The summed E-state index contributed by atoms with van der Waals surface area (Å²) >= 11 is 0. The molecule has 0 atom stereocenters. The van der Waals surface area contributed by atoms with Gasteiger partial charge in [-0.15, -0.1) is 0 Å². The van der Waals surface area contributed by atoms with E-state index in [0.717, 1.165) is 35.3 Å². The number of nitriles is 1. The highest BCUT2D eigenvalue weighted by Gasteiger charge is 2.39. The summed E-state index contributed by atoms with van der Waals surface area (Å²) in [6.07, 6.45) is 2.09. The molecule has 0 aromatic heterocycles. The summed E-state index contributed by atoms with van der Waals surface area (Å²) in [5, 5.41) is 8.95. The number of nitrogens with zero attached hydrogens (tertiary/aromatic N) is 1. The van der Waals surface area contributed by atoms with Crippen LogP contribution in [0.1, 0.15) is 29.5 Å². The summed E-state index contributed by atoms with van der Waals surface area (Å²) in [6.45, 7) is 4.42. The van der Waals surface area contributed by atoms with Crippen LogP contribution in [0.15, 0.2) is 12.1 Å². The Labute approximate surface area is 95.8 Å². The van der Waals surface area contributed by atoms with Gasteiger partial charge < -0.3 is 10.5 Å².